The smallest absolute Gasteiger partial charge is 0.226 e. The summed E-state index contributed by atoms with van der Waals surface area (Å²) in [6.45, 7) is 0. The van der Waals surface area contributed by atoms with Crippen LogP contribution in [0.1, 0.15) is 18.4 Å². The quantitative estimate of drug-likeness (QED) is 0.631. The van der Waals surface area contributed by atoms with Gasteiger partial charge in [0.25, 0.3) is 0 Å². The van der Waals surface area contributed by atoms with E-state index in [0.717, 1.165) is 18.5 Å². The Hall–Kier alpha value is -1.51. The summed E-state index contributed by atoms with van der Waals surface area (Å²) < 4.78 is 0. The van der Waals surface area contributed by atoms with Crippen LogP contribution >= 0.6 is 0 Å². The Balaban J connectivity index is 2.49. The maximum absolute atomic E-state index is 11.6. The molecule has 3 heteroatoms. The first-order valence-corrected chi connectivity index (χ1v) is 4.83. The molecule has 74 valence electrons. The third-order valence-electron chi connectivity index (χ3n) is 2.68. The van der Waals surface area contributed by atoms with Crippen molar-refractivity contribution in [3.8, 4) is 0 Å². The number of nitrogen functional groups attached to an aromatic ring is 1. The van der Waals surface area contributed by atoms with Crippen molar-refractivity contribution in [2.75, 3.05) is 17.7 Å². The average Bonchev–Trinajstić information content (AvgIpc) is 2.30. The number of fused-ring (bicyclic) bond motifs is 1. The van der Waals surface area contributed by atoms with Crippen molar-refractivity contribution in [3.05, 3.63) is 23.8 Å². The Morgan fingerprint density at radius 2 is 2.14 bits per heavy atom. The molecule has 0 saturated heterocycles. The normalized spacial score (nSPS) is 16.4. The number of nitrogens with zero attached hydrogens (tertiary/aromatic N) is 1. The number of amides is 1. The van der Waals surface area contributed by atoms with Gasteiger partial charge in [0.15, 0.2) is 0 Å². The highest BCUT2D eigenvalue weighted by atomic mass is 16.2. The van der Waals surface area contributed by atoms with Crippen molar-refractivity contribution in [2.24, 2.45) is 0 Å². The van der Waals surface area contributed by atoms with Crippen molar-refractivity contribution in [1.29, 1.82) is 0 Å². The lowest BCUT2D eigenvalue weighted by molar-refractivity contribution is -0.118. The van der Waals surface area contributed by atoms with Crippen LogP contribution in [0.15, 0.2) is 18.2 Å². The Morgan fingerprint density at radius 3 is 2.93 bits per heavy atom. The van der Waals surface area contributed by atoms with Gasteiger partial charge in [0.05, 0.1) is 0 Å². The molecule has 14 heavy (non-hydrogen) atoms. The van der Waals surface area contributed by atoms with Crippen LogP contribution in [0.2, 0.25) is 0 Å². The molecule has 2 N–H and O–H groups in total. The molecule has 1 amide bonds. The standard InChI is InChI=1S/C11H14N2O/c1-13-10-7-9(12)6-5-8(10)3-2-4-11(13)14/h5-7H,2-4,12H2,1H3. The molecule has 0 radical (unpaired) electrons. The molecule has 1 aliphatic heterocycles. The van der Waals surface area contributed by atoms with Gasteiger partial charge in [-0.2, -0.15) is 0 Å². The second kappa shape index (κ2) is 3.33. The van der Waals surface area contributed by atoms with Gasteiger partial charge in [0.2, 0.25) is 5.91 Å². The van der Waals surface area contributed by atoms with Crippen LogP contribution in [0.5, 0.6) is 0 Å². The Morgan fingerprint density at radius 1 is 1.36 bits per heavy atom. The first-order chi connectivity index (χ1) is 6.68. The minimum Gasteiger partial charge on any atom is -0.399 e. The lowest BCUT2D eigenvalue weighted by atomic mass is 10.1. The maximum atomic E-state index is 11.6. The number of carbonyl (C=O) groups is 1. The molecule has 2 rings (SSSR count). The average molecular weight is 190 g/mol. The van der Waals surface area contributed by atoms with E-state index < -0.39 is 0 Å². The fourth-order valence-electron chi connectivity index (χ4n) is 1.84. The van der Waals surface area contributed by atoms with Crippen molar-refractivity contribution in [2.45, 2.75) is 19.3 Å². The molecule has 1 heterocycles. The van der Waals surface area contributed by atoms with Gasteiger partial charge in [-0.25, -0.2) is 0 Å². The third-order valence-corrected chi connectivity index (χ3v) is 2.68. The lowest BCUT2D eigenvalue weighted by Gasteiger charge is -2.17. The van der Waals surface area contributed by atoms with Crippen LogP contribution in [0.4, 0.5) is 11.4 Å². The van der Waals surface area contributed by atoms with Gasteiger partial charge < -0.3 is 10.6 Å². The highest BCUT2D eigenvalue weighted by Crippen LogP contribution is 2.27. The summed E-state index contributed by atoms with van der Waals surface area (Å²) in [5.41, 5.74) is 8.60. The van der Waals surface area contributed by atoms with Gasteiger partial charge in [-0.05, 0) is 30.5 Å². The zero-order valence-electron chi connectivity index (χ0n) is 8.29. The van der Waals surface area contributed by atoms with Gasteiger partial charge in [-0.1, -0.05) is 6.07 Å². The van der Waals surface area contributed by atoms with Crippen molar-refractivity contribution in [3.63, 3.8) is 0 Å². The van der Waals surface area contributed by atoms with Gasteiger partial charge in [-0.3, -0.25) is 4.79 Å². The van der Waals surface area contributed by atoms with Crippen LogP contribution in [0.3, 0.4) is 0 Å². The number of aryl methyl sites for hydroxylation is 1. The molecule has 0 fully saturated rings. The number of hydrogen-bond acceptors (Lipinski definition) is 2. The molecule has 0 saturated carbocycles. The molecule has 1 aromatic carbocycles. The van der Waals surface area contributed by atoms with Crippen LogP contribution in [-0.4, -0.2) is 13.0 Å². The zero-order valence-corrected chi connectivity index (χ0v) is 8.29. The second-order valence-electron chi connectivity index (χ2n) is 3.69. The molecule has 1 aliphatic rings. The number of rotatable bonds is 0. The molecule has 0 spiro atoms. The summed E-state index contributed by atoms with van der Waals surface area (Å²) in [5, 5.41) is 0. The molecular formula is C11H14N2O. The predicted octanol–water partition coefficient (Wildman–Crippen LogP) is 1.57. The van der Waals surface area contributed by atoms with Crippen molar-refractivity contribution in [1.82, 2.24) is 0 Å². The van der Waals surface area contributed by atoms with Crippen LogP contribution < -0.4 is 10.6 Å². The van der Waals surface area contributed by atoms with Crippen LogP contribution in [0, 0.1) is 0 Å². The Bertz CT molecular complexity index is 374. The SMILES string of the molecule is CN1C(=O)CCCc2ccc(N)cc21. The van der Waals surface area contributed by atoms with E-state index in [4.69, 9.17) is 5.73 Å². The first kappa shape index (κ1) is 9.06. The molecule has 0 unspecified atom stereocenters. The summed E-state index contributed by atoms with van der Waals surface area (Å²) in [7, 11) is 1.81. The molecule has 1 aromatic rings. The number of nitrogens with two attached hydrogens (primary N) is 1. The van der Waals surface area contributed by atoms with Crippen molar-refractivity contribution >= 4 is 17.3 Å². The highest BCUT2D eigenvalue weighted by molar-refractivity contribution is 5.94. The molecule has 0 bridgehead atoms. The minimum atomic E-state index is 0.175. The minimum absolute atomic E-state index is 0.175. The van der Waals surface area contributed by atoms with E-state index in [1.807, 2.05) is 25.2 Å². The van der Waals surface area contributed by atoms with Gasteiger partial charge >= 0.3 is 0 Å². The van der Waals surface area contributed by atoms with E-state index >= 15 is 0 Å². The van der Waals surface area contributed by atoms with Crippen LogP contribution in [-0.2, 0) is 11.2 Å². The number of benzene rings is 1. The fraction of sp³-hybridized carbons (Fsp3) is 0.364. The molecule has 0 aliphatic carbocycles. The molecule has 3 nitrogen and oxygen atoms in total. The largest absolute Gasteiger partial charge is 0.399 e. The van der Waals surface area contributed by atoms with E-state index in [1.165, 1.54) is 5.56 Å². The summed E-state index contributed by atoms with van der Waals surface area (Å²) >= 11 is 0. The maximum Gasteiger partial charge on any atom is 0.226 e. The lowest BCUT2D eigenvalue weighted by Crippen LogP contribution is -2.25. The van der Waals surface area contributed by atoms with E-state index in [9.17, 15) is 4.79 Å². The van der Waals surface area contributed by atoms with E-state index in [1.54, 1.807) is 4.90 Å². The molecule has 0 atom stereocenters. The van der Waals surface area contributed by atoms with Gasteiger partial charge in [0.1, 0.15) is 0 Å². The van der Waals surface area contributed by atoms with Crippen molar-refractivity contribution < 1.29 is 4.79 Å². The number of anilines is 2. The first-order valence-electron chi connectivity index (χ1n) is 4.83. The fourth-order valence-corrected chi connectivity index (χ4v) is 1.84. The zero-order chi connectivity index (χ0) is 10.1. The van der Waals surface area contributed by atoms with E-state index in [-0.39, 0.29) is 5.91 Å². The Kier molecular flexibility index (Phi) is 2.15. The van der Waals surface area contributed by atoms with Gasteiger partial charge in [0, 0.05) is 24.8 Å². The second-order valence-corrected chi connectivity index (χ2v) is 3.69. The van der Waals surface area contributed by atoms with E-state index in [2.05, 4.69) is 0 Å². The molecular weight excluding hydrogens is 176 g/mol. The number of carbonyl (C=O) groups excluding carboxylic acids is 1. The summed E-state index contributed by atoms with van der Waals surface area (Å²) in [5.74, 6) is 0.175. The predicted molar refractivity (Wildman–Crippen MR) is 57.2 cm³/mol. The number of hydrogen-bond donors (Lipinski definition) is 1. The summed E-state index contributed by atoms with van der Waals surface area (Å²) in [6.07, 6.45) is 2.52. The third kappa shape index (κ3) is 1.45. The summed E-state index contributed by atoms with van der Waals surface area (Å²) in [4.78, 5) is 13.3. The summed E-state index contributed by atoms with van der Waals surface area (Å²) in [6, 6.07) is 5.78. The monoisotopic (exact) mass is 190 g/mol. The highest BCUT2D eigenvalue weighted by Gasteiger charge is 2.18. The van der Waals surface area contributed by atoms with E-state index in [0.29, 0.717) is 12.1 Å². The van der Waals surface area contributed by atoms with Gasteiger partial charge in [-0.15, -0.1) is 0 Å². The molecule has 0 aromatic heterocycles. The van der Waals surface area contributed by atoms with Crippen LogP contribution in [0.25, 0.3) is 0 Å². The topological polar surface area (TPSA) is 46.3 Å². The Labute approximate surface area is 83.5 Å².